The van der Waals surface area contributed by atoms with Gasteiger partial charge in [0.2, 0.25) is 5.88 Å². The van der Waals surface area contributed by atoms with Crippen LogP contribution in [0, 0.1) is 0 Å². The third-order valence-corrected chi connectivity index (χ3v) is 4.32. The molecule has 6 nitrogen and oxygen atoms in total. The molecule has 1 heterocycles. The van der Waals surface area contributed by atoms with Crippen molar-refractivity contribution < 1.29 is 17.9 Å². The molecule has 10 heteroatoms. The van der Waals surface area contributed by atoms with Crippen LogP contribution in [0.15, 0.2) is 23.3 Å². The first-order chi connectivity index (χ1) is 13.3. The lowest BCUT2D eigenvalue weighted by Gasteiger charge is -2.21. The van der Waals surface area contributed by atoms with Crippen LogP contribution in [-0.2, 0) is 6.18 Å². The fourth-order valence-electron chi connectivity index (χ4n) is 2.70. The number of aliphatic imine (C=N–C) groups is 1. The van der Waals surface area contributed by atoms with E-state index in [0.717, 1.165) is 38.5 Å². The van der Waals surface area contributed by atoms with Gasteiger partial charge in [0.05, 0.1) is 6.54 Å². The van der Waals surface area contributed by atoms with Crippen molar-refractivity contribution in [2.75, 3.05) is 39.8 Å². The smallest absolute Gasteiger partial charge is 0.421 e. The summed E-state index contributed by atoms with van der Waals surface area (Å²) in [5.41, 5.74) is -0.876. The molecule has 1 rings (SSSR count). The molecule has 1 aromatic rings. The highest BCUT2D eigenvalue weighted by Gasteiger charge is 2.34. The molecule has 0 bridgehead atoms. The topological polar surface area (TPSA) is 61.8 Å². The van der Waals surface area contributed by atoms with Crippen LogP contribution in [0.1, 0.15) is 39.2 Å². The second-order valence-corrected chi connectivity index (χ2v) is 6.42. The van der Waals surface area contributed by atoms with E-state index in [2.05, 4.69) is 46.3 Å². The lowest BCUT2D eigenvalue weighted by molar-refractivity contribution is -0.139. The zero-order valence-electron chi connectivity index (χ0n) is 17.6. The first kappa shape index (κ1) is 27.7. The van der Waals surface area contributed by atoms with Crippen LogP contribution in [-0.4, -0.2) is 61.7 Å². The molecule has 2 N–H and O–H groups in total. The summed E-state index contributed by atoms with van der Waals surface area (Å²) in [6.07, 6.45) is -1.14. The Morgan fingerprint density at radius 2 is 2.00 bits per heavy atom. The minimum absolute atomic E-state index is 0. The van der Waals surface area contributed by atoms with Crippen molar-refractivity contribution in [3.05, 3.63) is 23.9 Å². The molecule has 1 atom stereocenters. The van der Waals surface area contributed by atoms with E-state index in [1.54, 1.807) is 7.05 Å². The number of rotatable bonds is 11. The Morgan fingerprint density at radius 1 is 1.31 bits per heavy atom. The molecule has 0 aliphatic carbocycles. The van der Waals surface area contributed by atoms with Crippen molar-refractivity contribution in [2.24, 2.45) is 4.99 Å². The van der Waals surface area contributed by atoms with E-state index in [-0.39, 0.29) is 36.6 Å². The highest BCUT2D eigenvalue weighted by Crippen LogP contribution is 2.34. The summed E-state index contributed by atoms with van der Waals surface area (Å²) in [5, 5.41) is 6.32. The molecule has 0 radical (unpaired) electrons. The van der Waals surface area contributed by atoms with E-state index in [4.69, 9.17) is 4.74 Å². The molecule has 1 aromatic heterocycles. The highest BCUT2D eigenvalue weighted by molar-refractivity contribution is 14.0. The summed E-state index contributed by atoms with van der Waals surface area (Å²) < 4.78 is 43.9. The van der Waals surface area contributed by atoms with E-state index in [0.29, 0.717) is 12.5 Å². The molecule has 0 saturated carbocycles. The van der Waals surface area contributed by atoms with Crippen LogP contribution >= 0.6 is 24.0 Å². The van der Waals surface area contributed by atoms with Gasteiger partial charge < -0.3 is 20.3 Å². The van der Waals surface area contributed by atoms with Gasteiger partial charge in [-0.2, -0.15) is 13.2 Å². The number of hydrogen-bond donors (Lipinski definition) is 2. The number of pyridine rings is 1. The molecule has 0 aromatic carbocycles. The normalized spacial score (nSPS) is 13.0. The van der Waals surface area contributed by atoms with Gasteiger partial charge in [-0.1, -0.05) is 13.8 Å². The van der Waals surface area contributed by atoms with Crippen molar-refractivity contribution in [3.8, 4) is 5.88 Å². The van der Waals surface area contributed by atoms with Crippen molar-refractivity contribution in [3.63, 3.8) is 0 Å². The minimum Gasteiger partial charge on any atom is -0.475 e. The Balaban J connectivity index is 0.00000784. The fraction of sp³-hybridized carbons (Fsp3) is 0.684. The number of aromatic nitrogens is 1. The Kier molecular flexibility index (Phi) is 14.0. The lowest BCUT2D eigenvalue weighted by atomic mass is 10.2. The molecule has 0 fully saturated rings. The van der Waals surface area contributed by atoms with E-state index >= 15 is 0 Å². The molecule has 168 valence electrons. The molecule has 0 aliphatic rings. The zero-order chi connectivity index (χ0) is 21.0. The molecule has 0 spiro atoms. The van der Waals surface area contributed by atoms with E-state index in [9.17, 15) is 13.2 Å². The minimum atomic E-state index is -4.49. The Morgan fingerprint density at radius 3 is 2.59 bits per heavy atom. The summed E-state index contributed by atoms with van der Waals surface area (Å²) >= 11 is 0. The van der Waals surface area contributed by atoms with Gasteiger partial charge >= 0.3 is 6.18 Å². The summed E-state index contributed by atoms with van der Waals surface area (Å²) in [7, 11) is 1.65. The number of ether oxygens (including phenoxy) is 1. The predicted molar refractivity (Wildman–Crippen MR) is 121 cm³/mol. The van der Waals surface area contributed by atoms with Gasteiger partial charge in [0.15, 0.2) is 5.96 Å². The highest BCUT2D eigenvalue weighted by atomic mass is 127. The van der Waals surface area contributed by atoms with Gasteiger partial charge in [0, 0.05) is 19.3 Å². The fourth-order valence-corrected chi connectivity index (χ4v) is 2.70. The quantitative estimate of drug-likeness (QED) is 0.197. The molecule has 0 saturated heterocycles. The van der Waals surface area contributed by atoms with Gasteiger partial charge in [-0.05, 0) is 51.5 Å². The van der Waals surface area contributed by atoms with Gasteiger partial charge in [-0.3, -0.25) is 4.99 Å². The number of hydrogen-bond acceptors (Lipinski definition) is 4. The summed E-state index contributed by atoms with van der Waals surface area (Å²) in [4.78, 5) is 10.2. The maximum atomic E-state index is 12.9. The van der Waals surface area contributed by atoms with Crippen molar-refractivity contribution in [1.82, 2.24) is 20.5 Å². The second kappa shape index (κ2) is 14.6. The average molecular weight is 531 g/mol. The standard InChI is InChI=1S/C19H32F3N5O.HI/c1-5-27(6-2)13-8-9-15(3)26-18(23-4)25-12-14-28-17-16(19(20,21)22)10-7-11-24-17;/h7,10-11,15H,5-6,8-9,12-14H2,1-4H3,(H2,23,25,26);1H. The van der Waals surface area contributed by atoms with E-state index < -0.39 is 17.6 Å². The van der Waals surface area contributed by atoms with Gasteiger partial charge in [0.25, 0.3) is 0 Å². The average Bonchev–Trinajstić information content (AvgIpc) is 2.67. The molecule has 0 aliphatic heterocycles. The molecular weight excluding hydrogens is 498 g/mol. The summed E-state index contributed by atoms with van der Waals surface area (Å²) in [5.74, 6) is 0.181. The van der Waals surface area contributed by atoms with Gasteiger partial charge in [0.1, 0.15) is 12.2 Å². The number of alkyl halides is 3. The third kappa shape index (κ3) is 10.9. The van der Waals surface area contributed by atoms with Gasteiger partial charge in [-0.25, -0.2) is 4.98 Å². The SMILES string of the molecule is CCN(CC)CCCC(C)NC(=NC)NCCOc1ncccc1C(F)(F)F.I. The molecule has 29 heavy (non-hydrogen) atoms. The first-order valence-electron chi connectivity index (χ1n) is 9.66. The number of guanidine groups is 1. The summed E-state index contributed by atoms with van der Waals surface area (Å²) in [6, 6.07) is 2.42. The van der Waals surface area contributed by atoms with Crippen molar-refractivity contribution in [2.45, 2.75) is 45.8 Å². The third-order valence-electron chi connectivity index (χ3n) is 4.32. The Labute approximate surface area is 188 Å². The number of nitrogens with one attached hydrogen (secondary N) is 2. The molecule has 1 unspecified atom stereocenters. The van der Waals surface area contributed by atoms with Crippen molar-refractivity contribution in [1.29, 1.82) is 0 Å². The van der Waals surface area contributed by atoms with Crippen LogP contribution in [0.2, 0.25) is 0 Å². The maximum Gasteiger partial charge on any atom is 0.421 e. The van der Waals surface area contributed by atoms with Crippen LogP contribution in [0.4, 0.5) is 13.2 Å². The van der Waals surface area contributed by atoms with Crippen LogP contribution in [0.25, 0.3) is 0 Å². The second-order valence-electron chi connectivity index (χ2n) is 6.42. The zero-order valence-corrected chi connectivity index (χ0v) is 19.9. The van der Waals surface area contributed by atoms with Crippen LogP contribution in [0.5, 0.6) is 5.88 Å². The lowest BCUT2D eigenvalue weighted by Crippen LogP contribution is -2.43. The Hall–Kier alpha value is -1.30. The van der Waals surface area contributed by atoms with Gasteiger partial charge in [-0.15, -0.1) is 24.0 Å². The van der Waals surface area contributed by atoms with Crippen molar-refractivity contribution >= 4 is 29.9 Å². The first-order valence-corrected chi connectivity index (χ1v) is 9.66. The monoisotopic (exact) mass is 531 g/mol. The molecular formula is C19H33F3IN5O. The number of halogens is 4. The molecule has 0 amide bonds. The van der Waals surface area contributed by atoms with Crippen LogP contribution in [0.3, 0.4) is 0 Å². The predicted octanol–water partition coefficient (Wildman–Crippen LogP) is 3.77. The Bertz CT molecular complexity index is 597. The van der Waals surface area contributed by atoms with Crippen LogP contribution < -0.4 is 15.4 Å². The summed E-state index contributed by atoms with van der Waals surface area (Å²) in [6.45, 7) is 9.89. The maximum absolute atomic E-state index is 12.9. The van der Waals surface area contributed by atoms with E-state index in [1.807, 2.05) is 0 Å². The number of nitrogens with zero attached hydrogens (tertiary/aromatic N) is 3. The van der Waals surface area contributed by atoms with E-state index in [1.165, 1.54) is 12.3 Å². The largest absolute Gasteiger partial charge is 0.475 e.